The zero-order chi connectivity index (χ0) is 13.8. The third-order valence-corrected chi connectivity index (χ3v) is 2.99. The monoisotopic (exact) mass is 260 g/mol. The molecule has 2 rings (SSSR count). The van der Waals surface area contributed by atoms with Gasteiger partial charge in [0.05, 0.1) is 17.3 Å². The number of aromatic carboxylic acids is 1. The molecule has 0 aliphatic heterocycles. The maximum absolute atomic E-state index is 11.2. The van der Waals surface area contributed by atoms with Gasteiger partial charge >= 0.3 is 5.97 Å². The van der Waals surface area contributed by atoms with Crippen LogP contribution >= 0.6 is 0 Å². The number of aromatic nitrogens is 1. The van der Waals surface area contributed by atoms with E-state index in [-0.39, 0.29) is 5.56 Å². The van der Waals surface area contributed by atoms with Gasteiger partial charge in [0.25, 0.3) is 0 Å². The topological polar surface area (TPSA) is 82.5 Å². The number of hydrogen-bond acceptors (Lipinski definition) is 4. The standard InChI is InChI=1S/C14H16N2O3/c1-2-9(17)7-16-13-10-5-3-4-6-12(10)15-8-11(13)14(18)19/h3-6,8-9,17H,2,7H2,1H3,(H,15,16)(H,18,19). The fraction of sp³-hybridized carbons (Fsp3) is 0.286. The Morgan fingerprint density at radius 2 is 2.16 bits per heavy atom. The van der Waals surface area contributed by atoms with Gasteiger partial charge in [-0.2, -0.15) is 0 Å². The van der Waals surface area contributed by atoms with Crippen molar-refractivity contribution in [2.75, 3.05) is 11.9 Å². The molecule has 5 heteroatoms. The van der Waals surface area contributed by atoms with Crippen molar-refractivity contribution in [3.05, 3.63) is 36.0 Å². The summed E-state index contributed by atoms with van der Waals surface area (Å²) in [6.45, 7) is 2.18. The summed E-state index contributed by atoms with van der Waals surface area (Å²) in [5, 5.41) is 22.6. The van der Waals surface area contributed by atoms with Crippen LogP contribution in [0.4, 0.5) is 5.69 Å². The predicted octanol–water partition coefficient (Wildman–Crippen LogP) is 2.12. The summed E-state index contributed by atoms with van der Waals surface area (Å²) in [6.07, 6.45) is 1.44. The van der Waals surface area contributed by atoms with Crippen LogP contribution in [0.1, 0.15) is 23.7 Å². The van der Waals surface area contributed by atoms with Gasteiger partial charge in [-0.1, -0.05) is 25.1 Å². The first-order chi connectivity index (χ1) is 9.13. The second-order valence-electron chi connectivity index (χ2n) is 4.31. The molecule has 0 amide bonds. The lowest BCUT2D eigenvalue weighted by molar-refractivity contribution is 0.0697. The zero-order valence-corrected chi connectivity index (χ0v) is 10.6. The maximum atomic E-state index is 11.2. The Balaban J connectivity index is 2.46. The highest BCUT2D eigenvalue weighted by Crippen LogP contribution is 2.25. The van der Waals surface area contributed by atoms with Gasteiger partial charge in [0.15, 0.2) is 0 Å². The Labute approximate surface area is 110 Å². The van der Waals surface area contributed by atoms with E-state index in [0.29, 0.717) is 18.7 Å². The quantitative estimate of drug-likeness (QED) is 0.767. The summed E-state index contributed by atoms with van der Waals surface area (Å²) in [5.74, 6) is -1.04. The Morgan fingerprint density at radius 1 is 1.42 bits per heavy atom. The molecule has 1 heterocycles. The number of hydrogen-bond donors (Lipinski definition) is 3. The summed E-state index contributed by atoms with van der Waals surface area (Å²) in [4.78, 5) is 15.4. The summed E-state index contributed by atoms with van der Waals surface area (Å²) < 4.78 is 0. The number of aliphatic hydroxyl groups is 1. The molecule has 0 aliphatic rings. The molecule has 0 bridgehead atoms. The normalized spacial score (nSPS) is 12.3. The second-order valence-corrected chi connectivity index (χ2v) is 4.31. The molecule has 0 spiro atoms. The average molecular weight is 260 g/mol. The number of pyridine rings is 1. The van der Waals surface area contributed by atoms with Crippen molar-refractivity contribution in [1.82, 2.24) is 4.98 Å². The minimum absolute atomic E-state index is 0.113. The average Bonchev–Trinajstić information content (AvgIpc) is 2.43. The summed E-state index contributed by atoms with van der Waals surface area (Å²) >= 11 is 0. The van der Waals surface area contributed by atoms with Crippen LogP contribution in [0.25, 0.3) is 10.9 Å². The van der Waals surface area contributed by atoms with E-state index >= 15 is 0 Å². The van der Waals surface area contributed by atoms with E-state index < -0.39 is 12.1 Å². The number of carboxylic acids is 1. The Bertz CT molecular complexity index is 598. The van der Waals surface area contributed by atoms with Gasteiger partial charge in [0.1, 0.15) is 5.56 Å². The number of benzene rings is 1. The number of nitrogens with zero attached hydrogens (tertiary/aromatic N) is 1. The molecule has 2 aromatic rings. The lowest BCUT2D eigenvalue weighted by Crippen LogP contribution is -2.20. The van der Waals surface area contributed by atoms with Crippen molar-refractivity contribution < 1.29 is 15.0 Å². The second kappa shape index (κ2) is 5.67. The molecule has 100 valence electrons. The predicted molar refractivity (Wildman–Crippen MR) is 73.5 cm³/mol. The smallest absolute Gasteiger partial charge is 0.339 e. The molecule has 1 atom stereocenters. The Hall–Kier alpha value is -2.14. The van der Waals surface area contributed by atoms with Gasteiger partial charge in [0, 0.05) is 18.1 Å². The van der Waals surface area contributed by atoms with E-state index in [4.69, 9.17) is 0 Å². The third kappa shape index (κ3) is 2.82. The third-order valence-electron chi connectivity index (χ3n) is 2.99. The van der Waals surface area contributed by atoms with E-state index in [0.717, 1.165) is 10.9 Å². The zero-order valence-electron chi connectivity index (χ0n) is 10.6. The fourth-order valence-electron chi connectivity index (χ4n) is 1.86. The molecule has 0 saturated heterocycles. The highest BCUT2D eigenvalue weighted by atomic mass is 16.4. The first-order valence-electron chi connectivity index (χ1n) is 6.16. The van der Waals surface area contributed by atoms with E-state index in [1.165, 1.54) is 6.20 Å². The van der Waals surface area contributed by atoms with Crippen LogP contribution in [-0.2, 0) is 0 Å². The van der Waals surface area contributed by atoms with Gasteiger partial charge in [-0.05, 0) is 12.5 Å². The molecular formula is C14H16N2O3. The molecule has 0 saturated carbocycles. The summed E-state index contributed by atoms with van der Waals surface area (Å²) in [6, 6.07) is 7.31. The number of anilines is 1. The molecule has 0 aliphatic carbocycles. The minimum Gasteiger partial charge on any atom is -0.478 e. The van der Waals surface area contributed by atoms with Crippen LogP contribution in [-0.4, -0.2) is 33.8 Å². The van der Waals surface area contributed by atoms with Gasteiger partial charge in [0.2, 0.25) is 0 Å². The van der Waals surface area contributed by atoms with Crippen LogP contribution in [0.15, 0.2) is 30.5 Å². The molecular weight excluding hydrogens is 244 g/mol. The Kier molecular flexibility index (Phi) is 3.97. The molecule has 5 nitrogen and oxygen atoms in total. The first-order valence-corrected chi connectivity index (χ1v) is 6.16. The molecule has 0 fully saturated rings. The molecule has 19 heavy (non-hydrogen) atoms. The number of aliphatic hydroxyl groups excluding tert-OH is 1. The van der Waals surface area contributed by atoms with E-state index in [2.05, 4.69) is 10.3 Å². The van der Waals surface area contributed by atoms with Crippen LogP contribution in [0, 0.1) is 0 Å². The largest absolute Gasteiger partial charge is 0.478 e. The fourth-order valence-corrected chi connectivity index (χ4v) is 1.86. The molecule has 1 aromatic heterocycles. The highest BCUT2D eigenvalue weighted by Gasteiger charge is 2.14. The van der Waals surface area contributed by atoms with E-state index in [9.17, 15) is 15.0 Å². The van der Waals surface area contributed by atoms with Crippen molar-refractivity contribution in [3.8, 4) is 0 Å². The Morgan fingerprint density at radius 3 is 2.84 bits per heavy atom. The van der Waals surface area contributed by atoms with Gasteiger partial charge in [-0.15, -0.1) is 0 Å². The van der Waals surface area contributed by atoms with Crippen molar-refractivity contribution in [3.63, 3.8) is 0 Å². The minimum atomic E-state index is -1.04. The van der Waals surface area contributed by atoms with Crippen molar-refractivity contribution >= 4 is 22.6 Å². The van der Waals surface area contributed by atoms with Gasteiger partial charge in [-0.25, -0.2) is 4.79 Å². The van der Waals surface area contributed by atoms with Crippen molar-refractivity contribution in [2.45, 2.75) is 19.4 Å². The van der Waals surface area contributed by atoms with Crippen LogP contribution in [0.2, 0.25) is 0 Å². The van der Waals surface area contributed by atoms with E-state index in [1.54, 1.807) is 0 Å². The molecule has 0 radical (unpaired) electrons. The van der Waals surface area contributed by atoms with Crippen molar-refractivity contribution in [1.29, 1.82) is 0 Å². The lowest BCUT2D eigenvalue weighted by atomic mass is 10.1. The highest BCUT2D eigenvalue weighted by molar-refractivity contribution is 6.04. The number of carbonyl (C=O) groups is 1. The summed E-state index contributed by atoms with van der Waals surface area (Å²) in [7, 11) is 0. The number of carboxylic acid groups (broad SMARTS) is 1. The number of fused-ring (bicyclic) bond motifs is 1. The van der Waals surface area contributed by atoms with Crippen molar-refractivity contribution in [2.24, 2.45) is 0 Å². The summed E-state index contributed by atoms with van der Waals surface area (Å²) in [5.41, 5.74) is 1.34. The van der Waals surface area contributed by atoms with Crippen LogP contribution in [0.3, 0.4) is 0 Å². The van der Waals surface area contributed by atoms with E-state index in [1.807, 2.05) is 31.2 Å². The molecule has 1 unspecified atom stereocenters. The van der Waals surface area contributed by atoms with Gasteiger partial charge < -0.3 is 15.5 Å². The van der Waals surface area contributed by atoms with Crippen LogP contribution < -0.4 is 5.32 Å². The molecule has 3 N–H and O–H groups in total. The lowest BCUT2D eigenvalue weighted by Gasteiger charge is -2.14. The number of nitrogens with one attached hydrogen (secondary N) is 1. The SMILES string of the molecule is CCC(O)CNc1c(C(=O)O)cnc2ccccc12. The van der Waals surface area contributed by atoms with Crippen LogP contribution in [0.5, 0.6) is 0 Å². The maximum Gasteiger partial charge on any atom is 0.339 e. The first kappa shape index (κ1) is 13.3. The van der Waals surface area contributed by atoms with Gasteiger partial charge in [-0.3, -0.25) is 4.98 Å². The number of para-hydroxylation sites is 1. The molecule has 1 aromatic carbocycles. The number of rotatable bonds is 5.